The van der Waals surface area contributed by atoms with Crippen LogP contribution in [0.1, 0.15) is 6.92 Å². The normalized spacial score (nSPS) is 10.4. The van der Waals surface area contributed by atoms with Crippen LogP contribution >= 0.6 is 0 Å². The second-order valence-corrected chi connectivity index (χ2v) is 3.76. The van der Waals surface area contributed by atoms with Crippen LogP contribution < -0.4 is 5.32 Å². The van der Waals surface area contributed by atoms with Gasteiger partial charge in [0.05, 0.1) is 33.0 Å². The minimum atomic E-state index is -0.187. The van der Waals surface area contributed by atoms with Crippen LogP contribution in [0.3, 0.4) is 0 Å². The zero-order valence-corrected chi connectivity index (χ0v) is 11.6. The van der Waals surface area contributed by atoms with Gasteiger partial charge < -0.3 is 24.3 Å². The van der Waals surface area contributed by atoms with Crippen LogP contribution in [0.4, 0.5) is 0 Å². The minimum Gasteiger partial charge on any atom is -0.382 e. The summed E-state index contributed by atoms with van der Waals surface area (Å²) in [6, 6.07) is 0. The van der Waals surface area contributed by atoms with E-state index in [0.717, 1.165) is 0 Å². The van der Waals surface area contributed by atoms with E-state index < -0.39 is 0 Å². The Morgan fingerprint density at radius 1 is 0.895 bits per heavy atom. The molecule has 0 unspecified atom stereocenters. The number of methoxy groups -OCH3 is 1. The van der Waals surface area contributed by atoms with E-state index in [2.05, 4.69) is 5.32 Å². The monoisotopic (exact) mass is 277 g/mol. The van der Waals surface area contributed by atoms with Crippen LogP contribution in [0.5, 0.6) is 0 Å². The molecule has 0 spiro atoms. The fourth-order valence-corrected chi connectivity index (χ4v) is 1.06. The van der Waals surface area contributed by atoms with Gasteiger partial charge in [-0.05, 0) is 6.92 Å². The van der Waals surface area contributed by atoms with Gasteiger partial charge in [-0.15, -0.1) is 0 Å². The molecule has 1 amide bonds. The summed E-state index contributed by atoms with van der Waals surface area (Å²) in [5.74, 6) is -0.201. The number of ether oxygens (including phenoxy) is 4. The summed E-state index contributed by atoms with van der Waals surface area (Å²) in [4.78, 5) is 21.8. The molecule has 19 heavy (non-hydrogen) atoms. The molecule has 0 fully saturated rings. The minimum absolute atomic E-state index is 0.0132. The van der Waals surface area contributed by atoms with Gasteiger partial charge in [-0.25, -0.2) is 0 Å². The Kier molecular flexibility index (Phi) is 12.7. The van der Waals surface area contributed by atoms with Crippen molar-refractivity contribution in [1.82, 2.24) is 5.32 Å². The molecule has 1 N–H and O–H groups in total. The van der Waals surface area contributed by atoms with Crippen molar-refractivity contribution in [3.8, 4) is 0 Å². The molecule has 0 heterocycles. The van der Waals surface area contributed by atoms with Crippen molar-refractivity contribution in [2.75, 3.05) is 59.9 Å². The lowest BCUT2D eigenvalue weighted by Gasteiger charge is -2.07. The molecule has 7 heteroatoms. The Morgan fingerprint density at radius 3 is 2.21 bits per heavy atom. The van der Waals surface area contributed by atoms with E-state index >= 15 is 0 Å². The molecule has 0 aromatic heterocycles. The third-order valence-corrected chi connectivity index (χ3v) is 1.91. The number of ketones is 1. The summed E-state index contributed by atoms with van der Waals surface area (Å²) in [5, 5.41) is 2.64. The van der Waals surface area contributed by atoms with E-state index in [1.807, 2.05) is 0 Å². The molecule has 0 aromatic carbocycles. The van der Waals surface area contributed by atoms with Gasteiger partial charge in [0.2, 0.25) is 5.91 Å². The summed E-state index contributed by atoms with van der Waals surface area (Å²) in [7, 11) is 1.57. The van der Waals surface area contributed by atoms with E-state index in [-0.39, 0.29) is 24.9 Å². The van der Waals surface area contributed by atoms with Crippen LogP contribution in [-0.2, 0) is 28.5 Å². The lowest BCUT2D eigenvalue weighted by molar-refractivity contribution is -0.126. The number of nitrogens with one attached hydrogen (secondary N) is 1. The average molecular weight is 277 g/mol. The fraction of sp³-hybridized carbons (Fsp3) is 0.833. The largest absolute Gasteiger partial charge is 0.382 e. The third-order valence-electron chi connectivity index (χ3n) is 1.91. The lowest BCUT2D eigenvalue weighted by Crippen LogP contribution is -2.31. The van der Waals surface area contributed by atoms with Gasteiger partial charge in [0, 0.05) is 13.7 Å². The number of carbonyl (C=O) groups is 2. The topological polar surface area (TPSA) is 83.1 Å². The maximum Gasteiger partial charge on any atom is 0.246 e. The summed E-state index contributed by atoms with van der Waals surface area (Å²) < 4.78 is 20.0. The Morgan fingerprint density at radius 2 is 1.53 bits per heavy atom. The number of hydrogen-bond acceptors (Lipinski definition) is 6. The highest BCUT2D eigenvalue weighted by Crippen LogP contribution is 1.80. The molecule has 112 valence electrons. The maximum absolute atomic E-state index is 11.2. The molecule has 0 bridgehead atoms. The van der Waals surface area contributed by atoms with Crippen LogP contribution in [0.15, 0.2) is 0 Å². The van der Waals surface area contributed by atoms with Gasteiger partial charge in [0.25, 0.3) is 0 Å². The third kappa shape index (κ3) is 14.9. The van der Waals surface area contributed by atoms with E-state index in [9.17, 15) is 9.59 Å². The standard InChI is InChI=1S/C12H23NO6/c1-11(14)9-18-8-7-17-4-3-13-12(15)10-19-6-5-16-2/h3-10H2,1-2H3,(H,13,15). The molecule has 0 atom stereocenters. The first-order valence-electron chi connectivity index (χ1n) is 6.15. The first-order valence-corrected chi connectivity index (χ1v) is 6.15. The smallest absolute Gasteiger partial charge is 0.246 e. The van der Waals surface area contributed by atoms with Crippen molar-refractivity contribution in [3.05, 3.63) is 0 Å². The quantitative estimate of drug-likeness (QED) is 0.452. The number of rotatable bonds is 13. The van der Waals surface area contributed by atoms with Crippen molar-refractivity contribution in [2.45, 2.75) is 6.92 Å². The molecule has 0 aromatic rings. The Hall–Kier alpha value is -1.02. The van der Waals surface area contributed by atoms with Crippen LogP contribution in [0.2, 0.25) is 0 Å². The molecular weight excluding hydrogens is 254 g/mol. The summed E-state index contributed by atoms with van der Waals surface area (Å²) >= 11 is 0. The molecule has 0 rings (SSSR count). The zero-order valence-electron chi connectivity index (χ0n) is 11.6. The highest BCUT2D eigenvalue weighted by Gasteiger charge is 2.00. The van der Waals surface area contributed by atoms with Crippen molar-refractivity contribution in [1.29, 1.82) is 0 Å². The van der Waals surface area contributed by atoms with Crippen LogP contribution in [0.25, 0.3) is 0 Å². The molecule has 0 saturated carbocycles. The van der Waals surface area contributed by atoms with Crippen LogP contribution in [0, 0.1) is 0 Å². The van der Waals surface area contributed by atoms with Crippen molar-refractivity contribution < 1.29 is 28.5 Å². The highest BCUT2D eigenvalue weighted by molar-refractivity contribution is 5.77. The summed E-state index contributed by atoms with van der Waals surface area (Å²) in [6.07, 6.45) is 0. The average Bonchev–Trinajstić information content (AvgIpc) is 2.37. The van der Waals surface area contributed by atoms with Crippen molar-refractivity contribution in [2.24, 2.45) is 0 Å². The van der Waals surface area contributed by atoms with Gasteiger partial charge in [-0.1, -0.05) is 0 Å². The second-order valence-electron chi connectivity index (χ2n) is 3.76. The molecule has 0 aliphatic heterocycles. The van der Waals surface area contributed by atoms with E-state index in [4.69, 9.17) is 18.9 Å². The van der Waals surface area contributed by atoms with Gasteiger partial charge >= 0.3 is 0 Å². The van der Waals surface area contributed by atoms with Gasteiger partial charge in [-0.3, -0.25) is 9.59 Å². The highest BCUT2D eigenvalue weighted by atomic mass is 16.5. The Balaban J connectivity index is 3.16. The van der Waals surface area contributed by atoms with E-state index in [0.29, 0.717) is 39.6 Å². The SMILES string of the molecule is COCCOCC(=O)NCCOCCOCC(C)=O. The predicted molar refractivity (Wildman–Crippen MR) is 68.0 cm³/mol. The first kappa shape index (κ1) is 18.0. The van der Waals surface area contributed by atoms with Gasteiger partial charge in [-0.2, -0.15) is 0 Å². The van der Waals surface area contributed by atoms with Gasteiger partial charge in [0.1, 0.15) is 13.2 Å². The number of hydrogen-bond donors (Lipinski definition) is 1. The predicted octanol–water partition coefficient (Wildman–Crippen LogP) is -0.612. The molecular formula is C12H23NO6. The Labute approximate surface area is 113 Å². The number of carbonyl (C=O) groups excluding carboxylic acids is 2. The number of amides is 1. The second kappa shape index (κ2) is 13.4. The Bertz CT molecular complexity index is 246. The molecule has 0 radical (unpaired) electrons. The molecule has 0 aliphatic rings. The maximum atomic E-state index is 11.2. The van der Waals surface area contributed by atoms with E-state index in [1.54, 1.807) is 7.11 Å². The fourth-order valence-electron chi connectivity index (χ4n) is 1.06. The molecule has 0 saturated heterocycles. The molecule has 7 nitrogen and oxygen atoms in total. The molecule has 0 aliphatic carbocycles. The summed E-state index contributed by atoms with van der Waals surface area (Å²) in [6.45, 7) is 4.03. The van der Waals surface area contributed by atoms with Crippen LogP contribution in [-0.4, -0.2) is 71.6 Å². The lowest BCUT2D eigenvalue weighted by atomic mass is 10.5. The van der Waals surface area contributed by atoms with Crippen molar-refractivity contribution in [3.63, 3.8) is 0 Å². The first-order chi connectivity index (χ1) is 9.16. The summed E-state index contributed by atoms with van der Waals surface area (Å²) in [5.41, 5.74) is 0. The number of Topliss-reactive ketones (excluding diaryl/α,β-unsaturated/α-hetero) is 1. The van der Waals surface area contributed by atoms with Crippen molar-refractivity contribution >= 4 is 11.7 Å². The zero-order chi connectivity index (χ0) is 14.3. The van der Waals surface area contributed by atoms with Gasteiger partial charge in [0.15, 0.2) is 5.78 Å². The van der Waals surface area contributed by atoms with E-state index in [1.165, 1.54) is 6.92 Å².